The highest BCUT2D eigenvalue weighted by atomic mass is 16.5. The summed E-state index contributed by atoms with van der Waals surface area (Å²) < 4.78 is 16.8. The Hall–Kier alpha value is -2.23. The number of rotatable bonds is 1. The summed E-state index contributed by atoms with van der Waals surface area (Å²) in [6, 6.07) is 1.97. The van der Waals surface area contributed by atoms with Gasteiger partial charge in [-0.3, -0.25) is 0 Å². The van der Waals surface area contributed by atoms with E-state index >= 15 is 0 Å². The fraction of sp³-hybridized carbons (Fsp3) is 0.476. The Labute approximate surface area is 147 Å². The molecule has 4 nitrogen and oxygen atoms in total. The first-order valence-electron chi connectivity index (χ1n) is 8.99. The zero-order chi connectivity index (χ0) is 17.2. The first-order chi connectivity index (χ1) is 12.0. The molecule has 4 aliphatic rings. The molecule has 0 amide bonds. The molecule has 2 fully saturated rings. The minimum absolute atomic E-state index is 0.0252. The Morgan fingerprint density at radius 2 is 2.20 bits per heavy atom. The van der Waals surface area contributed by atoms with Crippen LogP contribution in [0.25, 0.3) is 0 Å². The van der Waals surface area contributed by atoms with E-state index in [-0.39, 0.29) is 22.9 Å². The molecule has 130 valence electrons. The minimum Gasteiger partial charge on any atom is -0.493 e. The molecule has 2 aliphatic carbocycles. The van der Waals surface area contributed by atoms with E-state index in [1.165, 1.54) is 5.57 Å². The smallest absolute Gasteiger partial charge is 0.334 e. The van der Waals surface area contributed by atoms with Crippen molar-refractivity contribution in [1.82, 2.24) is 0 Å². The van der Waals surface area contributed by atoms with Gasteiger partial charge in [-0.2, -0.15) is 0 Å². The summed E-state index contributed by atoms with van der Waals surface area (Å²) in [5.41, 5.74) is 3.95. The van der Waals surface area contributed by atoms with E-state index in [1.807, 2.05) is 12.3 Å². The minimum atomic E-state index is -0.212. The summed E-state index contributed by atoms with van der Waals surface area (Å²) in [7, 11) is 0. The van der Waals surface area contributed by atoms with Crippen LogP contribution in [0.4, 0.5) is 0 Å². The van der Waals surface area contributed by atoms with E-state index in [2.05, 4.69) is 19.6 Å². The second kappa shape index (κ2) is 4.90. The van der Waals surface area contributed by atoms with Crippen LogP contribution in [0.3, 0.4) is 0 Å². The normalized spacial score (nSPS) is 39.4. The van der Waals surface area contributed by atoms with Gasteiger partial charge in [0.25, 0.3) is 0 Å². The van der Waals surface area contributed by atoms with Crippen molar-refractivity contribution >= 4 is 5.97 Å². The molecule has 2 aliphatic heterocycles. The van der Waals surface area contributed by atoms with Gasteiger partial charge in [-0.1, -0.05) is 19.6 Å². The molecule has 0 radical (unpaired) electrons. The highest BCUT2D eigenvalue weighted by Crippen LogP contribution is 2.66. The summed E-state index contributed by atoms with van der Waals surface area (Å²) in [4.78, 5) is 12.3. The molecule has 1 aromatic heterocycles. The lowest BCUT2D eigenvalue weighted by atomic mass is 9.47. The van der Waals surface area contributed by atoms with Crippen molar-refractivity contribution in [1.29, 1.82) is 0 Å². The van der Waals surface area contributed by atoms with E-state index in [4.69, 9.17) is 13.9 Å². The lowest BCUT2D eigenvalue weighted by Crippen LogP contribution is -2.51. The zero-order valence-corrected chi connectivity index (χ0v) is 14.4. The van der Waals surface area contributed by atoms with Crippen LogP contribution < -0.4 is 0 Å². The monoisotopic (exact) mass is 338 g/mol. The largest absolute Gasteiger partial charge is 0.493 e. The second-order valence-corrected chi connectivity index (χ2v) is 8.09. The molecule has 4 atom stereocenters. The van der Waals surface area contributed by atoms with E-state index in [0.717, 1.165) is 42.4 Å². The summed E-state index contributed by atoms with van der Waals surface area (Å²) in [5, 5.41) is 0. The van der Waals surface area contributed by atoms with Crippen molar-refractivity contribution in [3.63, 3.8) is 0 Å². The molecule has 3 heterocycles. The van der Waals surface area contributed by atoms with E-state index in [0.29, 0.717) is 12.5 Å². The number of allylic oxidation sites excluding steroid dienone is 3. The van der Waals surface area contributed by atoms with Gasteiger partial charge in [-0.25, -0.2) is 4.79 Å². The Kier molecular flexibility index (Phi) is 2.95. The van der Waals surface area contributed by atoms with Gasteiger partial charge >= 0.3 is 5.97 Å². The first-order valence-corrected chi connectivity index (χ1v) is 8.99. The number of ether oxygens (including phenoxy) is 2. The van der Waals surface area contributed by atoms with Crippen LogP contribution in [0.1, 0.15) is 44.3 Å². The molecule has 25 heavy (non-hydrogen) atoms. The highest BCUT2D eigenvalue weighted by Gasteiger charge is 2.62. The van der Waals surface area contributed by atoms with Gasteiger partial charge in [0.15, 0.2) is 0 Å². The van der Waals surface area contributed by atoms with Gasteiger partial charge in [-0.05, 0) is 48.8 Å². The Balaban J connectivity index is 1.61. The predicted molar refractivity (Wildman–Crippen MR) is 91.3 cm³/mol. The van der Waals surface area contributed by atoms with E-state index in [9.17, 15) is 4.79 Å². The van der Waals surface area contributed by atoms with Gasteiger partial charge in [0.2, 0.25) is 0 Å². The standard InChI is InChI=1S/C21H22O4/c1-13-8-21-12-25-19(22)15(21)4-3-5-18(21)20(2)9-17(24-11-16(13)20)14-6-7-23-10-14/h4,6-7,10-11,17-18H,1,3,5,8-9,12H2,2H3. The molecule has 4 heteroatoms. The Morgan fingerprint density at radius 1 is 1.32 bits per heavy atom. The van der Waals surface area contributed by atoms with Crippen LogP contribution in [0.5, 0.6) is 0 Å². The maximum absolute atomic E-state index is 12.3. The summed E-state index contributed by atoms with van der Waals surface area (Å²) in [5.74, 6) is 0.230. The lowest BCUT2D eigenvalue weighted by Gasteiger charge is -2.56. The molecule has 0 N–H and O–H groups in total. The van der Waals surface area contributed by atoms with Gasteiger partial charge in [0.05, 0.1) is 18.8 Å². The molecule has 1 saturated heterocycles. The predicted octanol–water partition coefficient (Wildman–Crippen LogP) is 4.47. The second-order valence-electron chi connectivity index (χ2n) is 8.09. The maximum atomic E-state index is 12.3. The number of furan rings is 1. The van der Waals surface area contributed by atoms with Crippen LogP contribution in [0, 0.1) is 16.7 Å². The van der Waals surface area contributed by atoms with Gasteiger partial charge in [0, 0.05) is 22.0 Å². The summed E-state index contributed by atoms with van der Waals surface area (Å²) >= 11 is 0. The Bertz CT molecular complexity index is 815. The maximum Gasteiger partial charge on any atom is 0.334 e. The molecule has 0 aromatic carbocycles. The van der Waals surface area contributed by atoms with Crippen LogP contribution in [-0.2, 0) is 14.3 Å². The first kappa shape index (κ1) is 15.1. The van der Waals surface area contributed by atoms with Crippen molar-refractivity contribution < 1.29 is 18.7 Å². The number of fused-ring (bicyclic) bond motifs is 2. The quantitative estimate of drug-likeness (QED) is 0.709. The molecule has 4 unspecified atom stereocenters. The van der Waals surface area contributed by atoms with Gasteiger partial charge in [0.1, 0.15) is 12.7 Å². The molecular formula is C21H22O4. The number of esters is 1. The summed E-state index contributed by atoms with van der Waals surface area (Å²) in [6.45, 7) is 7.15. The number of carbonyl (C=O) groups is 1. The highest BCUT2D eigenvalue weighted by molar-refractivity contribution is 5.93. The molecule has 1 spiro atoms. The fourth-order valence-corrected chi connectivity index (χ4v) is 5.77. The number of cyclic esters (lactones) is 1. The van der Waals surface area contributed by atoms with Crippen molar-refractivity contribution in [3.8, 4) is 0 Å². The average molecular weight is 338 g/mol. The summed E-state index contributed by atoms with van der Waals surface area (Å²) in [6.07, 6.45) is 11.1. The van der Waals surface area contributed by atoms with Crippen molar-refractivity contribution in [2.75, 3.05) is 6.61 Å². The third-order valence-electron chi connectivity index (χ3n) is 6.86. The van der Waals surface area contributed by atoms with E-state index in [1.54, 1.807) is 12.5 Å². The molecule has 1 saturated carbocycles. The van der Waals surface area contributed by atoms with Crippen LogP contribution >= 0.6 is 0 Å². The fourth-order valence-electron chi connectivity index (χ4n) is 5.77. The topological polar surface area (TPSA) is 48.7 Å². The zero-order valence-electron chi connectivity index (χ0n) is 14.4. The molecule has 0 bridgehead atoms. The number of carbonyl (C=O) groups excluding carboxylic acids is 1. The number of hydrogen-bond donors (Lipinski definition) is 0. The third kappa shape index (κ3) is 1.85. The average Bonchev–Trinajstić information content (AvgIpc) is 3.23. The van der Waals surface area contributed by atoms with Crippen LogP contribution in [-0.4, -0.2) is 12.6 Å². The van der Waals surface area contributed by atoms with Crippen molar-refractivity contribution in [2.45, 2.75) is 38.7 Å². The molecular weight excluding hydrogens is 316 g/mol. The SMILES string of the molecule is C=C1CC23COC(=O)C2=CCCC3C2(C)CC(c3ccoc3)OC=C12. The van der Waals surface area contributed by atoms with Gasteiger partial charge in [-0.15, -0.1) is 0 Å². The van der Waals surface area contributed by atoms with E-state index < -0.39 is 0 Å². The molecule has 5 rings (SSSR count). The van der Waals surface area contributed by atoms with Crippen molar-refractivity contribution in [3.05, 3.63) is 59.8 Å². The molecule has 1 aromatic rings. The Morgan fingerprint density at radius 3 is 3.00 bits per heavy atom. The third-order valence-corrected chi connectivity index (χ3v) is 6.86. The van der Waals surface area contributed by atoms with Crippen LogP contribution in [0.2, 0.25) is 0 Å². The van der Waals surface area contributed by atoms with Crippen molar-refractivity contribution in [2.24, 2.45) is 16.7 Å². The lowest BCUT2D eigenvalue weighted by molar-refractivity contribution is -0.135. The van der Waals surface area contributed by atoms with Gasteiger partial charge < -0.3 is 13.9 Å². The van der Waals surface area contributed by atoms with Crippen LogP contribution in [0.15, 0.2) is 58.6 Å². The number of hydrogen-bond acceptors (Lipinski definition) is 4.